The Hall–Kier alpha value is 0.110. The van der Waals surface area contributed by atoms with Crippen molar-refractivity contribution in [3.05, 3.63) is 0 Å². The van der Waals surface area contributed by atoms with Gasteiger partial charge in [0.05, 0.1) is 12.3 Å². The van der Waals surface area contributed by atoms with Crippen molar-refractivity contribution >= 4 is 7.60 Å². The second kappa shape index (κ2) is 4.09. The number of aliphatic hydroxyl groups excluding tert-OH is 1. The van der Waals surface area contributed by atoms with Crippen LogP contribution in [-0.2, 0) is 13.6 Å². The third-order valence-corrected chi connectivity index (χ3v) is 3.13. The Balaban J connectivity index is 3.94. The van der Waals surface area contributed by atoms with Crippen molar-refractivity contribution in [1.29, 1.82) is 0 Å². The number of hydrogen-bond donors (Lipinski definition) is 1. The average molecular weight is 168 g/mol. The van der Waals surface area contributed by atoms with E-state index in [4.69, 9.17) is 5.11 Å². The fourth-order valence-corrected chi connectivity index (χ4v) is 1.64. The lowest BCUT2D eigenvalue weighted by Crippen LogP contribution is -2.08. The maximum atomic E-state index is 11.2. The van der Waals surface area contributed by atoms with E-state index in [1.54, 1.807) is 0 Å². The molecule has 0 fully saturated rings. The monoisotopic (exact) mass is 168 g/mol. The fourth-order valence-electron chi connectivity index (χ4n) is 0.547. The maximum absolute atomic E-state index is 11.2. The molecule has 62 valence electrons. The van der Waals surface area contributed by atoms with Crippen LogP contribution in [0.5, 0.6) is 0 Å². The van der Waals surface area contributed by atoms with Crippen molar-refractivity contribution in [3.63, 3.8) is 0 Å². The summed E-state index contributed by atoms with van der Waals surface area (Å²) in [6.07, 6.45) is -0.620. The maximum Gasteiger partial charge on any atom is 0.332 e. The quantitative estimate of drug-likeness (QED) is 0.632. The van der Waals surface area contributed by atoms with Crippen LogP contribution in [0.3, 0.4) is 0 Å². The molecule has 1 atom stereocenters. The van der Waals surface area contributed by atoms with Crippen LogP contribution in [-0.4, -0.2) is 31.6 Å². The second-order valence-corrected chi connectivity index (χ2v) is 4.32. The fraction of sp³-hybridized carbons (Fsp3) is 1.00. The second-order valence-electron chi connectivity index (χ2n) is 2.01. The lowest BCUT2D eigenvalue weighted by molar-refractivity contribution is 0.197. The molecular weight excluding hydrogens is 155 g/mol. The third-order valence-electron chi connectivity index (χ3n) is 1.04. The Kier molecular flexibility index (Phi) is 4.13. The van der Waals surface area contributed by atoms with Crippen molar-refractivity contribution in [2.45, 2.75) is 13.0 Å². The Morgan fingerprint density at radius 1 is 1.50 bits per heavy atom. The lowest BCUT2D eigenvalue weighted by Gasteiger charge is -2.14. The zero-order valence-corrected chi connectivity index (χ0v) is 7.30. The molecule has 0 unspecified atom stereocenters. The van der Waals surface area contributed by atoms with Gasteiger partial charge in [0.15, 0.2) is 0 Å². The van der Waals surface area contributed by atoms with Crippen LogP contribution < -0.4 is 0 Å². The van der Waals surface area contributed by atoms with Crippen LogP contribution in [0.2, 0.25) is 0 Å². The molecule has 0 heterocycles. The smallest absolute Gasteiger partial charge is 0.332 e. The molecule has 0 aliphatic rings. The SMILES string of the molecule is COP(=O)(C[C@H](C)O)OC. The Labute approximate surface area is 60.7 Å². The lowest BCUT2D eigenvalue weighted by atomic mass is 10.5. The summed E-state index contributed by atoms with van der Waals surface area (Å²) < 4.78 is 20.3. The highest BCUT2D eigenvalue weighted by Gasteiger charge is 2.22. The van der Waals surface area contributed by atoms with Gasteiger partial charge in [0.25, 0.3) is 0 Å². The summed E-state index contributed by atoms with van der Waals surface area (Å²) in [4.78, 5) is 0. The molecule has 0 aromatic heterocycles. The van der Waals surface area contributed by atoms with E-state index in [2.05, 4.69) is 9.05 Å². The van der Waals surface area contributed by atoms with E-state index in [1.165, 1.54) is 21.1 Å². The van der Waals surface area contributed by atoms with Gasteiger partial charge in [-0.3, -0.25) is 4.57 Å². The van der Waals surface area contributed by atoms with E-state index in [-0.39, 0.29) is 6.16 Å². The van der Waals surface area contributed by atoms with Crippen molar-refractivity contribution in [2.24, 2.45) is 0 Å². The zero-order valence-electron chi connectivity index (χ0n) is 6.40. The average Bonchev–Trinajstić information content (AvgIpc) is 1.87. The van der Waals surface area contributed by atoms with Crippen LogP contribution in [0.4, 0.5) is 0 Å². The molecule has 0 rings (SSSR count). The van der Waals surface area contributed by atoms with Crippen molar-refractivity contribution in [1.82, 2.24) is 0 Å². The van der Waals surface area contributed by atoms with E-state index >= 15 is 0 Å². The zero-order chi connectivity index (χ0) is 8.20. The molecule has 0 radical (unpaired) electrons. The highest BCUT2D eigenvalue weighted by molar-refractivity contribution is 7.53. The van der Waals surface area contributed by atoms with E-state index in [9.17, 15) is 4.57 Å². The normalized spacial score (nSPS) is 15.2. The van der Waals surface area contributed by atoms with Gasteiger partial charge in [0.2, 0.25) is 0 Å². The van der Waals surface area contributed by atoms with Gasteiger partial charge < -0.3 is 14.2 Å². The highest BCUT2D eigenvalue weighted by Crippen LogP contribution is 2.46. The molecule has 0 saturated carbocycles. The van der Waals surface area contributed by atoms with Crippen LogP contribution in [0.1, 0.15) is 6.92 Å². The molecule has 0 aromatic rings. The van der Waals surface area contributed by atoms with Gasteiger partial charge in [-0.05, 0) is 6.92 Å². The molecular formula is C5H13O4P. The first-order valence-corrected chi connectivity index (χ1v) is 4.65. The summed E-state index contributed by atoms with van der Waals surface area (Å²) in [6.45, 7) is 1.53. The molecule has 0 aliphatic heterocycles. The molecule has 0 amide bonds. The summed E-state index contributed by atoms with van der Waals surface area (Å²) in [5, 5.41) is 8.82. The van der Waals surface area contributed by atoms with Gasteiger partial charge >= 0.3 is 7.60 Å². The minimum Gasteiger partial charge on any atom is -0.393 e. The van der Waals surface area contributed by atoms with Gasteiger partial charge in [0.1, 0.15) is 0 Å². The standard InChI is InChI=1S/C5H13O4P/c1-5(6)4-10(7,8-2)9-3/h5-6H,4H2,1-3H3/t5-/m0/s1. The Morgan fingerprint density at radius 2 is 1.90 bits per heavy atom. The van der Waals surface area contributed by atoms with Crippen LogP contribution in [0.15, 0.2) is 0 Å². The number of hydrogen-bond acceptors (Lipinski definition) is 4. The predicted molar refractivity (Wildman–Crippen MR) is 38.2 cm³/mol. The van der Waals surface area contributed by atoms with E-state index in [0.717, 1.165) is 0 Å². The first-order valence-electron chi connectivity index (χ1n) is 2.92. The summed E-state index contributed by atoms with van der Waals surface area (Å²) >= 11 is 0. The topological polar surface area (TPSA) is 55.8 Å². The predicted octanol–water partition coefficient (Wildman–Crippen LogP) is 0.853. The number of aliphatic hydroxyl groups is 1. The summed E-state index contributed by atoms with van der Waals surface area (Å²) in [7, 11) is -0.391. The molecule has 0 saturated heterocycles. The minimum absolute atomic E-state index is 0.0417. The molecule has 1 N–H and O–H groups in total. The molecule has 10 heavy (non-hydrogen) atoms. The first-order chi connectivity index (χ1) is 4.54. The van der Waals surface area contributed by atoms with E-state index in [1.807, 2.05) is 0 Å². The first kappa shape index (κ1) is 10.1. The Bertz CT molecular complexity index is 126. The molecule has 0 aliphatic carbocycles. The molecule has 0 aromatic carbocycles. The van der Waals surface area contributed by atoms with Crippen molar-refractivity contribution in [3.8, 4) is 0 Å². The molecule has 0 spiro atoms. The van der Waals surface area contributed by atoms with Crippen molar-refractivity contribution < 1.29 is 18.7 Å². The Morgan fingerprint density at radius 3 is 2.00 bits per heavy atom. The highest BCUT2D eigenvalue weighted by atomic mass is 31.2. The largest absolute Gasteiger partial charge is 0.393 e. The van der Waals surface area contributed by atoms with Crippen LogP contribution in [0.25, 0.3) is 0 Å². The van der Waals surface area contributed by atoms with Gasteiger partial charge in [-0.1, -0.05) is 0 Å². The van der Waals surface area contributed by atoms with Gasteiger partial charge in [0, 0.05) is 14.2 Å². The molecule has 4 nitrogen and oxygen atoms in total. The van der Waals surface area contributed by atoms with Gasteiger partial charge in [-0.15, -0.1) is 0 Å². The summed E-state index contributed by atoms with van der Waals surface area (Å²) in [5.74, 6) is 0. The molecule has 0 bridgehead atoms. The summed E-state index contributed by atoms with van der Waals surface area (Å²) in [6, 6.07) is 0. The molecule has 5 heteroatoms. The van der Waals surface area contributed by atoms with Crippen molar-refractivity contribution in [2.75, 3.05) is 20.4 Å². The number of rotatable bonds is 4. The third kappa shape index (κ3) is 3.32. The van der Waals surface area contributed by atoms with E-state index in [0.29, 0.717) is 0 Å². The van der Waals surface area contributed by atoms with Gasteiger partial charge in [-0.2, -0.15) is 0 Å². The van der Waals surface area contributed by atoms with E-state index < -0.39 is 13.7 Å². The van der Waals surface area contributed by atoms with Crippen LogP contribution in [0, 0.1) is 0 Å². The summed E-state index contributed by atoms with van der Waals surface area (Å²) in [5.41, 5.74) is 0. The van der Waals surface area contributed by atoms with Crippen LogP contribution >= 0.6 is 7.60 Å². The minimum atomic E-state index is -2.99. The van der Waals surface area contributed by atoms with Gasteiger partial charge in [-0.25, -0.2) is 0 Å².